The van der Waals surface area contributed by atoms with Gasteiger partial charge in [-0.05, 0) is 42.9 Å². The van der Waals surface area contributed by atoms with Crippen LogP contribution in [0.25, 0.3) is 0 Å². The third-order valence-electron chi connectivity index (χ3n) is 4.51. The second kappa shape index (κ2) is 7.43. The summed E-state index contributed by atoms with van der Waals surface area (Å²) in [7, 11) is 0. The van der Waals surface area contributed by atoms with Gasteiger partial charge >= 0.3 is 5.97 Å². The monoisotopic (exact) mass is 327 g/mol. The lowest BCUT2D eigenvalue weighted by molar-refractivity contribution is -0.139. The van der Waals surface area contributed by atoms with Crippen LogP contribution < -0.4 is 0 Å². The first-order valence-corrected chi connectivity index (χ1v) is 8.38. The fraction of sp³-hybridized carbons (Fsp3) is 0.421. The Hall–Kier alpha value is -2.43. The molecule has 2 amide bonds. The summed E-state index contributed by atoms with van der Waals surface area (Å²) in [6.07, 6.45) is 7.94. The summed E-state index contributed by atoms with van der Waals surface area (Å²) in [6, 6.07) is 6.89. The molecule has 0 saturated carbocycles. The minimum absolute atomic E-state index is 0.134. The van der Waals surface area contributed by atoms with Crippen molar-refractivity contribution in [2.24, 2.45) is 5.92 Å². The highest BCUT2D eigenvalue weighted by molar-refractivity contribution is 6.01. The molecule has 1 atom stereocenters. The number of esters is 1. The molecule has 126 valence electrons. The predicted molar refractivity (Wildman–Crippen MR) is 88.0 cm³/mol. The summed E-state index contributed by atoms with van der Waals surface area (Å²) in [5.74, 6) is -0.190. The van der Waals surface area contributed by atoms with Gasteiger partial charge in [0.15, 0.2) is 0 Å². The standard InChI is InChI=1S/C19H21NO4/c21-17-10-11-18(22)20(17)12-14-6-8-16(9-7-14)19(23)24-13-15-4-2-1-3-5-15/h1-2,6-9,15H,3-5,10-13H2. The van der Waals surface area contributed by atoms with Gasteiger partial charge in [-0.15, -0.1) is 0 Å². The Labute approximate surface area is 141 Å². The zero-order valence-corrected chi connectivity index (χ0v) is 13.6. The van der Waals surface area contributed by atoms with Gasteiger partial charge in [0.05, 0.1) is 18.7 Å². The van der Waals surface area contributed by atoms with Crippen LogP contribution in [-0.2, 0) is 20.9 Å². The van der Waals surface area contributed by atoms with Gasteiger partial charge in [-0.3, -0.25) is 14.5 Å². The van der Waals surface area contributed by atoms with E-state index in [1.807, 2.05) is 0 Å². The Kier molecular flexibility index (Phi) is 5.08. The normalized spacial score (nSPS) is 20.5. The molecular weight excluding hydrogens is 306 g/mol. The number of imide groups is 1. The molecule has 0 aromatic heterocycles. The molecule has 1 fully saturated rings. The number of rotatable bonds is 5. The number of benzene rings is 1. The van der Waals surface area contributed by atoms with Crippen molar-refractivity contribution in [3.05, 3.63) is 47.5 Å². The Morgan fingerprint density at radius 3 is 2.42 bits per heavy atom. The Morgan fingerprint density at radius 2 is 1.79 bits per heavy atom. The summed E-state index contributed by atoms with van der Waals surface area (Å²) in [6.45, 7) is 0.711. The van der Waals surface area contributed by atoms with Crippen LogP contribution in [0.5, 0.6) is 0 Å². The molecule has 0 N–H and O–H groups in total. The number of hydrogen-bond donors (Lipinski definition) is 0. The van der Waals surface area contributed by atoms with Gasteiger partial charge < -0.3 is 4.74 Å². The zero-order valence-electron chi connectivity index (χ0n) is 13.6. The van der Waals surface area contributed by atoms with Crippen molar-refractivity contribution in [1.82, 2.24) is 4.90 Å². The lowest BCUT2D eigenvalue weighted by Crippen LogP contribution is -2.28. The van der Waals surface area contributed by atoms with Crippen LogP contribution in [0.2, 0.25) is 0 Å². The molecule has 5 heteroatoms. The van der Waals surface area contributed by atoms with Gasteiger partial charge in [0, 0.05) is 12.8 Å². The number of nitrogens with zero attached hydrogens (tertiary/aromatic N) is 1. The van der Waals surface area contributed by atoms with Crippen LogP contribution in [0, 0.1) is 5.92 Å². The van der Waals surface area contributed by atoms with E-state index in [2.05, 4.69) is 12.2 Å². The molecule has 2 aliphatic rings. The lowest BCUT2D eigenvalue weighted by Gasteiger charge is -2.17. The van der Waals surface area contributed by atoms with E-state index >= 15 is 0 Å². The summed E-state index contributed by atoms with van der Waals surface area (Å²) < 4.78 is 5.38. The maximum atomic E-state index is 12.1. The van der Waals surface area contributed by atoms with Gasteiger partial charge in [0.1, 0.15) is 0 Å². The first-order valence-electron chi connectivity index (χ1n) is 8.38. The van der Waals surface area contributed by atoms with E-state index in [1.165, 1.54) is 4.90 Å². The molecule has 1 aliphatic carbocycles. The smallest absolute Gasteiger partial charge is 0.338 e. The number of hydrogen-bond acceptors (Lipinski definition) is 4. The molecule has 1 unspecified atom stereocenters. The topological polar surface area (TPSA) is 63.7 Å². The number of allylic oxidation sites excluding steroid dienone is 2. The molecule has 0 bridgehead atoms. The van der Waals surface area contributed by atoms with E-state index < -0.39 is 0 Å². The SMILES string of the molecule is O=C(OCC1CC=CCC1)c1ccc(CN2C(=O)CCC2=O)cc1. The summed E-state index contributed by atoms with van der Waals surface area (Å²) >= 11 is 0. The highest BCUT2D eigenvalue weighted by Crippen LogP contribution is 2.19. The van der Waals surface area contributed by atoms with Crippen molar-refractivity contribution in [2.75, 3.05) is 6.61 Å². The molecule has 1 aromatic carbocycles. The number of carbonyl (C=O) groups excluding carboxylic acids is 3. The molecule has 24 heavy (non-hydrogen) atoms. The minimum Gasteiger partial charge on any atom is -0.462 e. The average molecular weight is 327 g/mol. The Bertz CT molecular complexity index is 646. The minimum atomic E-state index is -0.329. The summed E-state index contributed by atoms with van der Waals surface area (Å²) in [5, 5.41) is 0. The largest absolute Gasteiger partial charge is 0.462 e. The lowest BCUT2D eigenvalue weighted by atomic mass is 9.95. The molecule has 1 saturated heterocycles. The second-order valence-electron chi connectivity index (χ2n) is 6.32. The van der Waals surface area contributed by atoms with Gasteiger partial charge in [0.25, 0.3) is 0 Å². The molecule has 1 heterocycles. The molecule has 1 aliphatic heterocycles. The number of carbonyl (C=O) groups is 3. The third kappa shape index (κ3) is 3.91. The van der Waals surface area contributed by atoms with E-state index in [0.717, 1.165) is 24.8 Å². The molecule has 3 rings (SSSR count). The van der Waals surface area contributed by atoms with E-state index in [9.17, 15) is 14.4 Å². The summed E-state index contributed by atoms with van der Waals surface area (Å²) in [4.78, 5) is 36.6. The van der Waals surface area contributed by atoms with Gasteiger partial charge in [-0.2, -0.15) is 0 Å². The van der Waals surface area contributed by atoms with Crippen molar-refractivity contribution < 1.29 is 19.1 Å². The fourth-order valence-electron chi connectivity index (χ4n) is 3.01. The summed E-state index contributed by atoms with van der Waals surface area (Å²) in [5.41, 5.74) is 1.32. The maximum Gasteiger partial charge on any atom is 0.338 e. The number of likely N-dealkylation sites (tertiary alicyclic amines) is 1. The van der Waals surface area contributed by atoms with Gasteiger partial charge in [-0.25, -0.2) is 4.79 Å². The predicted octanol–water partition coefficient (Wildman–Crippen LogP) is 2.85. The van der Waals surface area contributed by atoms with E-state index in [1.54, 1.807) is 24.3 Å². The molecule has 5 nitrogen and oxygen atoms in total. The Balaban J connectivity index is 1.53. The second-order valence-corrected chi connectivity index (χ2v) is 6.32. The van der Waals surface area contributed by atoms with Crippen molar-refractivity contribution in [2.45, 2.75) is 38.6 Å². The number of ether oxygens (including phenoxy) is 1. The van der Waals surface area contributed by atoms with Crippen LogP contribution >= 0.6 is 0 Å². The quantitative estimate of drug-likeness (QED) is 0.474. The van der Waals surface area contributed by atoms with Crippen molar-refractivity contribution >= 4 is 17.8 Å². The van der Waals surface area contributed by atoms with Gasteiger partial charge in [0.2, 0.25) is 11.8 Å². The van der Waals surface area contributed by atoms with Crippen molar-refractivity contribution in [3.63, 3.8) is 0 Å². The van der Waals surface area contributed by atoms with Crippen LogP contribution in [0.1, 0.15) is 48.0 Å². The first kappa shape index (κ1) is 16.4. The van der Waals surface area contributed by atoms with Crippen LogP contribution in [0.4, 0.5) is 0 Å². The maximum absolute atomic E-state index is 12.1. The first-order chi connectivity index (χ1) is 11.6. The molecule has 0 radical (unpaired) electrons. The van der Waals surface area contributed by atoms with E-state index in [0.29, 0.717) is 30.9 Å². The Morgan fingerprint density at radius 1 is 1.08 bits per heavy atom. The fourth-order valence-corrected chi connectivity index (χ4v) is 3.01. The highest BCUT2D eigenvalue weighted by Gasteiger charge is 2.28. The average Bonchev–Trinajstić information content (AvgIpc) is 2.93. The number of amides is 2. The van der Waals surface area contributed by atoms with Gasteiger partial charge in [-0.1, -0.05) is 24.3 Å². The van der Waals surface area contributed by atoms with Crippen molar-refractivity contribution in [1.29, 1.82) is 0 Å². The van der Waals surface area contributed by atoms with Crippen LogP contribution in [-0.4, -0.2) is 29.3 Å². The van der Waals surface area contributed by atoms with E-state index in [4.69, 9.17) is 4.74 Å². The van der Waals surface area contributed by atoms with Crippen LogP contribution in [0.15, 0.2) is 36.4 Å². The highest BCUT2D eigenvalue weighted by atomic mass is 16.5. The third-order valence-corrected chi connectivity index (χ3v) is 4.51. The van der Waals surface area contributed by atoms with E-state index in [-0.39, 0.29) is 24.3 Å². The van der Waals surface area contributed by atoms with Crippen molar-refractivity contribution in [3.8, 4) is 0 Å². The molecular formula is C19H21NO4. The molecule has 1 aromatic rings. The molecule has 0 spiro atoms. The zero-order chi connectivity index (χ0) is 16.9. The van der Waals surface area contributed by atoms with Crippen LogP contribution in [0.3, 0.4) is 0 Å².